The van der Waals surface area contributed by atoms with Crippen LogP contribution in [0.1, 0.15) is 53.6 Å². The van der Waals surface area contributed by atoms with Gasteiger partial charge in [-0.25, -0.2) is 0 Å². The summed E-state index contributed by atoms with van der Waals surface area (Å²) in [5, 5.41) is 6.47. The second-order valence-corrected chi connectivity index (χ2v) is 5.40. The number of carbonyl (C=O) groups excluding carboxylic acids is 1. The zero-order valence-electron chi connectivity index (χ0n) is 11.1. The Hall–Kier alpha value is -1.06. The molecule has 0 bridgehead atoms. The highest BCUT2D eigenvalue weighted by molar-refractivity contribution is 5.94. The minimum absolute atomic E-state index is 0. The number of nitrogens with one attached hydrogen (secondary N) is 2. The number of carbonyl (C=O) groups is 1. The monoisotopic (exact) mass is 280 g/mol. The van der Waals surface area contributed by atoms with E-state index >= 15 is 0 Å². The van der Waals surface area contributed by atoms with Crippen molar-refractivity contribution in [1.82, 2.24) is 10.6 Å². The fraction of sp³-hybridized carbons (Fsp3) is 0.533. The van der Waals surface area contributed by atoms with Gasteiger partial charge in [-0.2, -0.15) is 0 Å². The van der Waals surface area contributed by atoms with Crippen molar-refractivity contribution in [1.29, 1.82) is 0 Å². The maximum Gasteiger partial charge on any atom is 0.251 e. The van der Waals surface area contributed by atoms with Gasteiger partial charge < -0.3 is 10.6 Å². The van der Waals surface area contributed by atoms with Crippen LogP contribution in [0.3, 0.4) is 0 Å². The molecule has 1 aromatic carbocycles. The molecule has 0 atom stereocenters. The lowest BCUT2D eigenvalue weighted by Crippen LogP contribution is -2.36. The number of hydrogen-bond donors (Lipinski definition) is 2. The molecule has 1 amide bonds. The highest BCUT2D eigenvalue weighted by atomic mass is 35.5. The molecule has 0 radical (unpaired) electrons. The van der Waals surface area contributed by atoms with Gasteiger partial charge in [-0.3, -0.25) is 4.79 Å². The summed E-state index contributed by atoms with van der Waals surface area (Å²) in [5.41, 5.74) is 3.40. The van der Waals surface area contributed by atoms with E-state index in [-0.39, 0.29) is 18.3 Å². The molecule has 0 aromatic heterocycles. The molecule has 0 unspecified atom stereocenters. The second-order valence-electron chi connectivity index (χ2n) is 5.40. The first-order valence-electron chi connectivity index (χ1n) is 6.96. The summed E-state index contributed by atoms with van der Waals surface area (Å²) in [4.78, 5) is 12.2. The average molecular weight is 281 g/mol. The van der Waals surface area contributed by atoms with E-state index in [1.807, 2.05) is 12.1 Å². The second kappa shape index (κ2) is 6.40. The number of benzene rings is 1. The molecule has 1 aromatic rings. The molecule has 1 fully saturated rings. The van der Waals surface area contributed by atoms with Gasteiger partial charge in [0.05, 0.1) is 0 Å². The largest absolute Gasteiger partial charge is 0.349 e. The quantitative estimate of drug-likeness (QED) is 0.875. The minimum Gasteiger partial charge on any atom is -0.349 e. The fourth-order valence-corrected chi connectivity index (χ4v) is 2.95. The minimum atomic E-state index is 0. The summed E-state index contributed by atoms with van der Waals surface area (Å²) in [7, 11) is 0. The molecule has 104 valence electrons. The first kappa shape index (κ1) is 14.4. The molecule has 2 N–H and O–H groups in total. The lowest BCUT2D eigenvalue weighted by Gasteiger charge is -2.22. The molecule has 4 heteroatoms. The SMILES string of the molecule is Cl.O=C(NC1CCCCC1)c1ccc2c(c1)CNC2. The van der Waals surface area contributed by atoms with Gasteiger partial charge in [0.15, 0.2) is 0 Å². The van der Waals surface area contributed by atoms with Crippen molar-refractivity contribution in [2.24, 2.45) is 0 Å². The Morgan fingerprint density at radius 3 is 2.63 bits per heavy atom. The van der Waals surface area contributed by atoms with Gasteiger partial charge in [0.2, 0.25) is 0 Å². The summed E-state index contributed by atoms with van der Waals surface area (Å²) < 4.78 is 0. The number of rotatable bonds is 2. The van der Waals surface area contributed by atoms with E-state index < -0.39 is 0 Å². The van der Waals surface area contributed by atoms with Gasteiger partial charge in [0.25, 0.3) is 5.91 Å². The zero-order valence-corrected chi connectivity index (χ0v) is 11.9. The highest BCUT2D eigenvalue weighted by Crippen LogP contribution is 2.19. The third-order valence-corrected chi connectivity index (χ3v) is 4.04. The number of fused-ring (bicyclic) bond motifs is 1. The lowest BCUT2D eigenvalue weighted by atomic mass is 9.95. The van der Waals surface area contributed by atoms with Gasteiger partial charge in [-0.1, -0.05) is 25.3 Å². The van der Waals surface area contributed by atoms with Crippen LogP contribution < -0.4 is 10.6 Å². The lowest BCUT2D eigenvalue weighted by molar-refractivity contribution is 0.0927. The normalized spacial score (nSPS) is 18.5. The summed E-state index contributed by atoms with van der Waals surface area (Å²) in [6, 6.07) is 6.44. The standard InChI is InChI=1S/C15H20N2O.ClH/c18-15(17-14-4-2-1-3-5-14)11-6-7-12-9-16-10-13(12)8-11;/h6-8,14,16H,1-5,9-10H2,(H,17,18);1H. The van der Waals surface area contributed by atoms with Crippen LogP contribution in [0.25, 0.3) is 0 Å². The molecule has 3 nitrogen and oxygen atoms in total. The van der Waals surface area contributed by atoms with Crippen LogP contribution in [0.15, 0.2) is 18.2 Å². The van der Waals surface area contributed by atoms with Crippen molar-refractivity contribution >= 4 is 18.3 Å². The summed E-state index contributed by atoms with van der Waals surface area (Å²) in [5.74, 6) is 0.0941. The van der Waals surface area contributed by atoms with Crippen molar-refractivity contribution in [3.8, 4) is 0 Å². The Bertz CT molecular complexity index is 455. The molecule has 1 saturated carbocycles. The van der Waals surface area contributed by atoms with Crippen LogP contribution in [-0.4, -0.2) is 11.9 Å². The van der Waals surface area contributed by atoms with E-state index in [2.05, 4.69) is 16.7 Å². The molecule has 0 spiro atoms. The van der Waals surface area contributed by atoms with E-state index in [0.717, 1.165) is 31.5 Å². The predicted molar refractivity (Wildman–Crippen MR) is 78.6 cm³/mol. The van der Waals surface area contributed by atoms with Gasteiger partial charge in [-0.15, -0.1) is 12.4 Å². The van der Waals surface area contributed by atoms with E-state index in [0.29, 0.717) is 6.04 Å². The average Bonchev–Trinajstić information content (AvgIpc) is 2.87. The predicted octanol–water partition coefficient (Wildman–Crippen LogP) is 2.77. The molecular weight excluding hydrogens is 260 g/mol. The number of amides is 1. The smallest absolute Gasteiger partial charge is 0.251 e. The van der Waals surface area contributed by atoms with Crippen LogP contribution >= 0.6 is 12.4 Å². The molecule has 3 rings (SSSR count). The van der Waals surface area contributed by atoms with Crippen molar-refractivity contribution in [3.63, 3.8) is 0 Å². The first-order valence-corrected chi connectivity index (χ1v) is 6.96. The molecule has 1 heterocycles. The first-order chi connectivity index (χ1) is 8.83. The molecule has 0 saturated heterocycles. The highest BCUT2D eigenvalue weighted by Gasteiger charge is 2.18. The molecule has 2 aliphatic rings. The Kier molecular flexibility index (Phi) is 4.83. The summed E-state index contributed by atoms with van der Waals surface area (Å²) in [6.45, 7) is 1.82. The van der Waals surface area contributed by atoms with E-state index in [1.165, 1.54) is 30.4 Å². The third kappa shape index (κ3) is 3.28. The maximum atomic E-state index is 12.2. The van der Waals surface area contributed by atoms with Crippen LogP contribution in [-0.2, 0) is 13.1 Å². The van der Waals surface area contributed by atoms with Crippen LogP contribution in [0.2, 0.25) is 0 Å². The Morgan fingerprint density at radius 2 is 1.84 bits per heavy atom. The molecular formula is C15H21ClN2O. The van der Waals surface area contributed by atoms with Crippen LogP contribution in [0, 0.1) is 0 Å². The molecule has 1 aliphatic carbocycles. The van der Waals surface area contributed by atoms with Gasteiger partial charge in [0, 0.05) is 24.7 Å². The van der Waals surface area contributed by atoms with Crippen molar-refractivity contribution in [3.05, 3.63) is 34.9 Å². The zero-order chi connectivity index (χ0) is 12.4. The van der Waals surface area contributed by atoms with E-state index in [1.54, 1.807) is 0 Å². The van der Waals surface area contributed by atoms with Gasteiger partial charge in [-0.05, 0) is 36.1 Å². The fourth-order valence-electron chi connectivity index (χ4n) is 2.95. The summed E-state index contributed by atoms with van der Waals surface area (Å²) in [6.07, 6.45) is 6.09. The van der Waals surface area contributed by atoms with Gasteiger partial charge >= 0.3 is 0 Å². The van der Waals surface area contributed by atoms with E-state index in [4.69, 9.17) is 0 Å². The topological polar surface area (TPSA) is 41.1 Å². The van der Waals surface area contributed by atoms with Crippen LogP contribution in [0.4, 0.5) is 0 Å². The van der Waals surface area contributed by atoms with Crippen molar-refractivity contribution in [2.75, 3.05) is 0 Å². The molecule has 1 aliphatic heterocycles. The van der Waals surface area contributed by atoms with Crippen molar-refractivity contribution in [2.45, 2.75) is 51.2 Å². The third-order valence-electron chi connectivity index (χ3n) is 4.04. The maximum absolute atomic E-state index is 12.2. The Morgan fingerprint density at radius 1 is 1.11 bits per heavy atom. The van der Waals surface area contributed by atoms with Gasteiger partial charge in [0.1, 0.15) is 0 Å². The van der Waals surface area contributed by atoms with Crippen molar-refractivity contribution < 1.29 is 4.79 Å². The number of hydrogen-bond acceptors (Lipinski definition) is 2. The number of halogens is 1. The van der Waals surface area contributed by atoms with E-state index in [9.17, 15) is 4.79 Å². The summed E-state index contributed by atoms with van der Waals surface area (Å²) >= 11 is 0. The molecule has 19 heavy (non-hydrogen) atoms. The Labute approximate surface area is 120 Å². The van der Waals surface area contributed by atoms with Crippen LogP contribution in [0.5, 0.6) is 0 Å². The Balaban J connectivity index is 0.00000133.